The number of hydrogen-bond donors (Lipinski definition) is 0. The van der Waals surface area contributed by atoms with Crippen LogP contribution in [0.2, 0.25) is 0 Å². The molecule has 0 N–H and O–H groups in total. The zero-order valence-corrected chi connectivity index (χ0v) is 10.2. The van der Waals surface area contributed by atoms with Crippen LogP contribution >= 0.6 is 15.9 Å². The fourth-order valence-corrected chi connectivity index (χ4v) is 2.64. The van der Waals surface area contributed by atoms with Gasteiger partial charge in [-0.3, -0.25) is 0 Å². The molecule has 1 heterocycles. The zero-order valence-electron chi connectivity index (χ0n) is 8.65. The summed E-state index contributed by atoms with van der Waals surface area (Å²) in [6.07, 6.45) is 9.60. The lowest BCUT2D eigenvalue weighted by atomic mass is 9.92. The third-order valence-corrected chi connectivity index (χ3v) is 3.56. The van der Waals surface area contributed by atoms with Crippen molar-refractivity contribution in [2.45, 2.75) is 12.3 Å². The second-order valence-electron chi connectivity index (χ2n) is 3.88. The molecule has 0 saturated carbocycles. The number of benzene rings is 1. The summed E-state index contributed by atoms with van der Waals surface area (Å²) in [7, 11) is 0. The Morgan fingerprint density at radius 2 is 1.94 bits per heavy atom. The molecule has 2 aliphatic rings. The van der Waals surface area contributed by atoms with E-state index in [1.54, 1.807) is 0 Å². The molecule has 1 unspecified atom stereocenters. The molecule has 0 amide bonds. The van der Waals surface area contributed by atoms with E-state index in [9.17, 15) is 0 Å². The first-order chi connectivity index (χ1) is 7.84. The standard InChI is InChI=1S/C13H11BrO2/c14-11-7-13-12(15-8-16-13)6-10(11)9-4-2-1-3-5-9/h1-4,6-7,9H,5,8H2. The van der Waals surface area contributed by atoms with Gasteiger partial charge in [0.05, 0.1) is 0 Å². The summed E-state index contributed by atoms with van der Waals surface area (Å²) in [6, 6.07) is 4.06. The van der Waals surface area contributed by atoms with Crippen molar-refractivity contribution in [3.63, 3.8) is 0 Å². The minimum Gasteiger partial charge on any atom is -0.454 e. The molecular formula is C13H11BrO2. The van der Waals surface area contributed by atoms with Crippen LogP contribution in [0, 0.1) is 0 Å². The summed E-state index contributed by atoms with van der Waals surface area (Å²) < 4.78 is 11.8. The van der Waals surface area contributed by atoms with E-state index in [0.717, 1.165) is 22.4 Å². The van der Waals surface area contributed by atoms with E-state index < -0.39 is 0 Å². The monoisotopic (exact) mass is 278 g/mol. The smallest absolute Gasteiger partial charge is 0.231 e. The number of hydrogen-bond acceptors (Lipinski definition) is 2. The van der Waals surface area contributed by atoms with Crippen LogP contribution in [0.15, 0.2) is 40.9 Å². The van der Waals surface area contributed by atoms with E-state index in [1.807, 2.05) is 6.07 Å². The maximum absolute atomic E-state index is 5.40. The fraction of sp³-hybridized carbons (Fsp3) is 0.231. The number of fused-ring (bicyclic) bond motifs is 1. The lowest BCUT2D eigenvalue weighted by Crippen LogP contribution is -1.97. The molecule has 3 heteroatoms. The van der Waals surface area contributed by atoms with E-state index in [2.05, 4.69) is 46.3 Å². The third-order valence-electron chi connectivity index (χ3n) is 2.87. The second kappa shape index (κ2) is 3.98. The second-order valence-corrected chi connectivity index (χ2v) is 4.74. The van der Waals surface area contributed by atoms with Crippen LogP contribution in [-0.2, 0) is 0 Å². The van der Waals surface area contributed by atoms with Crippen molar-refractivity contribution in [3.8, 4) is 11.5 Å². The number of allylic oxidation sites excluding steroid dienone is 4. The summed E-state index contributed by atoms with van der Waals surface area (Å²) in [4.78, 5) is 0. The average molecular weight is 279 g/mol. The molecule has 0 aromatic heterocycles. The molecule has 1 aromatic rings. The molecule has 0 bridgehead atoms. The molecule has 82 valence electrons. The molecule has 0 saturated heterocycles. The van der Waals surface area contributed by atoms with Crippen LogP contribution in [-0.4, -0.2) is 6.79 Å². The van der Waals surface area contributed by atoms with Crippen molar-refractivity contribution in [1.82, 2.24) is 0 Å². The van der Waals surface area contributed by atoms with Crippen molar-refractivity contribution >= 4 is 15.9 Å². The Balaban J connectivity index is 2.01. The lowest BCUT2D eigenvalue weighted by molar-refractivity contribution is 0.174. The van der Waals surface area contributed by atoms with Gasteiger partial charge in [-0.15, -0.1) is 0 Å². The molecule has 1 atom stereocenters. The predicted molar refractivity (Wildman–Crippen MR) is 65.9 cm³/mol. The van der Waals surface area contributed by atoms with Gasteiger partial charge in [-0.2, -0.15) is 0 Å². The molecule has 0 fully saturated rings. The van der Waals surface area contributed by atoms with E-state index in [0.29, 0.717) is 12.7 Å². The van der Waals surface area contributed by atoms with Gasteiger partial charge in [-0.1, -0.05) is 40.2 Å². The molecular weight excluding hydrogens is 268 g/mol. The van der Waals surface area contributed by atoms with Gasteiger partial charge < -0.3 is 9.47 Å². The van der Waals surface area contributed by atoms with Gasteiger partial charge in [-0.25, -0.2) is 0 Å². The Morgan fingerprint density at radius 3 is 2.69 bits per heavy atom. The van der Waals surface area contributed by atoms with Crippen molar-refractivity contribution in [2.24, 2.45) is 0 Å². The minimum absolute atomic E-state index is 0.325. The van der Waals surface area contributed by atoms with Crippen LogP contribution in [0.4, 0.5) is 0 Å². The topological polar surface area (TPSA) is 18.5 Å². The molecule has 3 rings (SSSR count). The normalized spacial score (nSPS) is 21.4. The molecule has 1 aliphatic heterocycles. The summed E-state index contributed by atoms with van der Waals surface area (Å²) in [5.41, 5.74) is 1.25. The van der Waals surface area contributed by atoms with Gasteiger partial charge in [0, 0.05) is 10.4 Å². The summed E-state index contributed by atoms with van der Waals surface area (Å²) in [5, 5.41) is 0. The van der Waals surface area contributed by atoms with Gasteiger partial charge in [0.25, 0.3) is 0 Å². The van der Waals surface area contributed by atoms with Gasteiger partial charge in [0.2, 0.25) is 6.79 Å². The van der Waals surface area contributed by atoms with Crippen molar-refractivity contribution < 1.29 is 9.47 Å². The van der Waals surface area contributed by atoms with E-state index in [1.165, 1.54) is 5.56 Å². The largest absolute Gasteiger partial charge is 0.454 e. The van der Waals surface area contributed by atoms with Gasteiger partial charge in [0.15, 0.2) is 11.5 Å². The average Bonchev–Trinajstić information content (AvgIpc) is 2.76. The Morgan fingerprint density at radius 1 is 1.12 bits per heavy atom. The Hall–Kier alpha value is -1.22. The SMILES string of the molecule is Brc1cc2c(cc1C1C=CC=CC1)OCO2. The Kier molecular flexibility index (Phi) is 2.48. The molecule has 0 spiro atoms. The van der Waals surface area contributed by atoms with Crippen LogP contribution < -0.4 is 9.47 Å². The van der Waals surface area contributed by atoms with Crippen molar-refractivity contribution in [2.75, 3.05) is 6.79 Å². The third kappa shape index (κ3) is 1.65. The summed E-state index contributed by atoms with van der Waals surface area (Å²) in [6.45, 7) is 0.325. The van der Waals surface area contributed by atoms with E-state index in [-0.39, 0.29) is 0 Å². The quantitative estimate of drug-likeness (QED) is 0.779. The molecule has 2 nitrogen and oxygen atoms in total. The molecule has 16 heavy (non-hydrogen) atoms. The van der Waals surface area contributed by atoms with Gasteiger partial charge in [-0.05, 0) is 24.1 Å². The Labute approximate surface area is 103 Å². The highest BCUT2D eigenvalue weighted by atomic mass is 79.9. The van der Waals surface area contributed by atoms with Crippen LogP contribution in [0.25, 0.3) is 0 Å². The number of halogens is 1. The van der Waals surface area contributed by atoms with E-state index >= 15 is 0 Å². The zero-order chi connectivity index (χ0) is 11.0. The van der Waals surface area contributed by atoms with Crippen LogP contribution in [0.1, 0.15) is 17.9 Å². The number of rotatable bonds is 1. The highest BCUT2D eigenvalue weighted by Gasteiger charge is 2.19. The maximum atomic E-state index is 5.40. The molecule has 1 aromatic carbocycles. The molecule has 1 aliphatic carbocycles. The minimum atomic E-state index is 0.325. The first-order valence-electron chi connectivity index (χ1n) is 5.27. The maximum Gasteiger partial charge on any atom is 0.231 e. The number of ether oxygens (including phenoxy) is 2. The van der Waals surface area contributed by atoms with Crippen molar-refractivity contribution in [1.29, 1.82) is 0 Å². The fourth-order valence-electron chi connectivity index (χ4n) is 2.03. The lowest BCUT2D eigenvalue weighted by Gasteiger charge is -2.15. The van der Waals surface area contributed by atoms with Crippen molar-refractivity contribution in [3.05, 3.63) is 46.5 Å². The first-order valence-corrected chi connectivity index (χ1v) is 6.06. The van der Waals surface area contributed by atoms with Gasteiger partial charge >= 0.3 is 0 Å². The van der Waals surface area contributed by atoms with E-state index in [4.69, 9.17) is 9.47 Å². The summed E-state index contributed by atoms with van der Waals surface area (Å²) >= 11 is 3.59. The Bertz CT molecular complexity index is 477. The highest BCUT2D eigenvalue weighted by Crippen LogP contribution is 2.41. The van der Waals surface area contributed by atoms with Gasteiger partial charge in [0.1, 0.15) is 0 Å². The summed E-state index contributed by atoms with van der Waals surface area (Å²) in [5.74, 6) is 2.10. The predicted octanol–water partition coefficient (Wildman–Crippen LogP) is 3.78. The first kappa shape index (κ1) is 9.97. The molecule has 0 radical (unpaired) electrons. The van der Waals surface area contributed by atoms with Crippen LogP contribution in [0.5, 0.6) is 11.5 Å². The highest BCUT2D eigenvalue weighted by molar-refractivity contribution is 9.10. The van der Waals surface area contributed by atoms with Crippen LogP contribution in [0.3, 0.4) is 0 Å².